The molecule has 0 saturated heterocycles. The lowest BCUT2D eigenvalue weighted by Gasteiger charge is -1.98. The molecular formula is C3H5Br2Cl. The molecule has 0 aromatic rings. The fourth-order valence-corrected chi connectivity index (χ4v) is 0. The van der Waals surface area contributed by atoms with Crippen LogP contribution in [-0.4, -0.2) is 9.11 Å². The van der Waals surface area contributed by atoms with Gasteiger partial charge in [-0.25, -0.2) is 0 Å². The monoisotopic (exact) mass is 234 g/mol. The summed E-state index contributed by atoms with van der Waals surface area (Å²) >= 11 is 11.9. The Morgan fingerprint density at radius 2 is 1.67 bits per heavy atom. The molecule has 2 atom stereocenters. The van der Waals surface area contributed by atoms with Crippen LogP contribution in [0.25, 0.3) is 0 Å². The third-order valence-corrected chi connectivity index (χ3v) is 3.06. The summed E-state index contributed by atoms with van der Waals surface area (Å²) in [5.74, 6) is 0. The molecule has 0 aliphatic carbocycles. The molecule has 0 N–H and O–H groups in total. The van der Waals surface area contributed by atoms with Crippen LogP contribution in [0.1, 0.15) is 6.92 Å². The molecule has 0 radical (unpaired) electrons. The molecule has 0 amide bonds. The van der Waals surface area contributed by atoms with Crippen LogP contribution in [0, 0.1) is 0 Å². The van der Waals surface area contributed by atoms with Crippen LogP contribution >= 0.6 is 43.5 Å². The summed E-state index contributed by atoms with van der Waals surface area (Å²) in [6.45, 7) is 1.98. The van der Waals surface area contributed by atoms with Crippen molar-refractivity contribution in [3.8, 4) is 0 Å². The maximum absolute atomic E-state index is 5.48. The van der Waals surface area contributed by atoms with Gasteiger partial charge in [0.2, 0.25) is 0 Å². The number of hydrogen-bond acceptors (Lipinski definition) is 0. The number of alkyl halides is 3. The third kappa shape index (κ3) is 3.44. The fourth-order valence-electron chi connectivity index (χ4n) is 0. The smallest absolute Gasteiger partial charge is 0.101 e. The Labute approximate surface area is 59.5 Å². The quantitative estimate of drug-likeness (QED) is 0.614. The lowest BCUT2D eigenvalue weighted by atomic mass is 10.6. The molecule has 0 aromatic heterocycles. The molecule has 6 heavy (non-hydrogen) atoms. The summed E-state index contributed by atoms with van der Waals surface area (Å²) in [6.07, 6.45) is 0. The summed E-state index contributed by atoms with van der Waals surface area (Å²) in [7, 11) is 0. The second-order valence-electron chi connectivity index (χ2n) is 1.01. The lowest BCUT2D eigenvalue weighted by Crippen LogP contribution is -1.98. The Kier molecular flexibility index (Phi) is 3.96. The molecule has 0 spiro atoms. The Bertz CT molecular complexity index is 29.8. The highest BCUT2D eigenvalue weighted by atomic mass is 79.9. The summed E-state index contributed by atoms with van der Waals surface area (Å²) in [6, 6.07) is 0. The van der Waals surface area contributed by atoms with Crippen molar-refractivity contribution >= 4 is 43.5 Å². The zero-order chi connectivity index (χ0) is 5.15. The first kappa shape index (κ1) is 7.25. The van der Waals surface area contributed by atoms with Crippen LogP contribution in [0.3, 0.4) is 0 Å². The second-order valence-corrected chi connectivity index (χ2v) is 4.44. The zero-order valence-electron chi connectivity index (χ0n) is 3.29. The maximum Gasteiger partial charge on any atom is 0.101 e. The van der Waals surface area contributed by atoms with Crippen molar-refractivity contribution in [2.24, 2.45) is 0 Å². The Hall–Kier alpha value is 1.25. The molecule has 0 saturated carbocycles. The number of rotatable bonds is 1. The third-order valence-electron chi connectivity index (χ3n) is 0.347. The van der Waals surface area contributed by atoms with E-state index >= 15 is 0 Å². The summed E-state index contributed by atoms with van der Waals surface area (Å²) in [5, 5.41) is 0. The Morgan fingerprint density at radius 3 is 1.67 bits per heavy atom. The number of halogens is 3. The van der Waals surface area contributed by atoms with E-state index in [-0.39, 0.29) is 4.29 Å². The van der Waals surface area contributed by atoms with Crippen molar-refractivity contribution in [2.45, 2.75) is 16.0 Å². The van der Waals surface area contributed by atoms with Gasteiger partial charge in [-0.15, -0.1) is 11.6 Å². The van der Waals surface area contributed by atoms with Crippen LogP contribution in [0.2, 0.25) is 0 Å². The molecule has 0 aromatic carbocycles. The SMILES string of the molecule is C[C@H](Br)[C@@H](Cl)Br. The Morgan fingerprint density at radius 1 is 1.50 bits per heavy atom. The van der Waals surface area contributed by atoms with E-state index in [1.54, 1.807) is 0 Å². The molecule has 0 bridgehead atoms. The van der Waals surface area contributed by atoms with Crippen molar-refractivity contribution in [3.63, 3.8) is 0 Å². The molecule has 38 valence electrons. The van der Waals surface area contributed by atoms with Gasteiger partial charge in [0.25, 0.3) is 0 Å². The summed E-state index contributed by atoms with van der Waals surface area (Å²) < 4.78 is 0.0532. The highest BCUT2D eigenvalue weighted by Gasteiger charge is 2.02. The predicted octanol–water partition coefficient (Wildman–Crippen LogP) is 2.73. The molecular weight excluding hydrogens is 231 g/mol. The largest absolute Gasteiger partial charge is 0.109 e. The van der Waals surface area contributed by atoms with Crippen molar-refractivity contribution in [2.75, 3.05) is 0 Å². The minimum atomic E-state index is 0.0532. The van der Waals surface area contributed by atoms with Gasteiger partial charge in [-0.1, -0.05) is 38.8 Å². The molecule has 0 nitrogen and oxygen atoms in total. The van der Waals surface area contributed by atoms with E-state index in [4.69, 9.17) is 11.6 Å². The molecule has 0 unspecified atom stereocenters. The second kappa shape index (κ2) is 3.28. The van der Waals surface area contributed by atoms with Gasteiger partial charge in [-0.2, -0.15) is 0 Å². The van der Waals surface area contributed by atoms with Gasteiger partial charge in [0.05, 0.1) is 0 Å². The molecule has 0 heterocycles. The summed E-state index contributed by atoms with van der Waals surface area (Å²) in [5.41, 5.74) is 0. The average molecular weight is 236 g/mol. The molecule has 3 heteroatoms. The first-order valence-electron chi connectivity index (χ1n) is 1.57. The van der Waals surface area contributed by atoms with Crippen molar-refractivity contribution in [3.05, 3.63) is 0 Å². The molecule has 0 aliphatic rings. The van der Waals surface area contributed by atoms with Crippen molar-refractivity contribution in [1.82, 2.24) is 0 Å². The highest BCUT2D eigenvalue weighted by molar-refractivity contribution is 9.12. The van der Waals surface area contributed by atoms with E-state index in [1.807, 2.05) is 6.92 Å². The van der Waals surface area contributed by atoms with Crippen molar-refractivity contribution < 1.29 is 0 Å². The van der Waals surface area contributed by atoms with Crippen molar-refractivity contribution in [1.29, 1.82) is 0 Å². The van der Waals surface area contributed by atoms with Gasteiger partial charge in [-0.3, -0.25) is 0 Å². The van der Waals surface area contributed by atoms with Crippen LogP contribution in [-0.2, 0) is 0 Å². The maximum atomic E-state index is 5.48. The van der Waals surface area contributed by atoms with E-state index in [0.717, 1.165) is 0 Å². The molecule has 0 rings (SSSR count). The lowest BCUT2D eigenvalue weighted by molar-refractivity contribution is 1.11. The van der Waals surface area contributed by atoms with Gasteiger partial charge in [0, 0.05) is 4.83 Å². The minimum Gasteiger partial charge on any atom is -0.109 e. The van der Waals surface area contributed by atoms with Gasteiger partial charge in [-0.05, 0) is 0 Å². The topological polar surface area (TPSA) is 0 Å². The van der Waals surface area contributed by atoms with Gasteiger partial charge in [0.15, 0.2) is 0 Å². The highest BCUT2D eigenvalue weighted by Crippen LogP contribution is 2.16. The van der Waals surface area contributed by atoms with Crippen LogP contribution in [0.4, 0.5) is 0 Å². The van der Waals surface area contributed by atoms with Crippen LogP contribution < -0.4 is 0 Å². The van der Waals surface area contributed by atoms with Gasteiger partial charge < -0.3 is 0 Å². The van der Waals surface area contributed by atoms with Crippen LogP contribution in [0.5, 0.6) is 0 Å². The van der Waals surface area contributed by atoms with Gasteiger partial charge >= 0.3 is 0 Å². The van der Waals surface area contributed by atoms with E-state index in [9.17, 15) is 0 Å². The van der Waals surface area contributed by atoms with E-state index < -0.39 is 0 Å². The van der Waals surface area contributed by atoms with E-state index in [1.165, 1.54) is 0 Å². The predicted molar refractivity (Wildman–Crippen MR) is 37.0 cm³/mol. The fraction of sp³-hybridized carbons (Fsp3) is 1.00. The average Bonchev–Trinajstić information content (AvgIpc) is 1.36. The number of hydrogen-bond donors (Lipinski definition) is 0. The van der Waals surface area contributed by atoms with E-state index in [2.05, 4.69) is 31.9 Å². The van der Waals surface area contributed by atoms with Crippen LogP contribution in [0.15, 0.2) is 0 Å². The minimum absolute atomic E-state index is 0.0532. The van der Waals surface area contributed by atoms with Gasteiger partial charge in [0.1, 0.15) is 4.29 Å². The van der Waals surface area contributed by atoms with E-state index in [0.29, 0.717) is 4.83 Å². The summed E-state index contributed by atoms with van der Waals surface area (Å²) in [4.78, 5) is 0.346. The molecule has 0 fully saturated rings. The Balaban J connectivity index is 2.99. The first-order chi connectivity index (χ1) is 2.64. The molecule has 0 aliphatic heterocycles. The zero-order valence-corrected chi connectivity index (χ0v) is 7.22. The normalized spacial score (nSPS) is 20.0. The first-order valence-corrected chi connectivity index (χ1v) is 3.83. The standard InChI is InChI=1S/C3H5Br2Cl/c1-2(4)3(5)6/h2-3H,1H3/t2-,3+/m0/s1.